The van der Waals surface area contributed by atoms with Crippen molar-refractivity contribution < 1.29 is 4.74 Å². The van der Waals surface area contributed by atoms with Crippen molar-refractivity contribution in [3.05, 3.63) is 83.7 Å². The lowest BCUT2D eigenvalue weighted by atomic mass is 9.98. The summed E-state index contributed by atoms with van der Waals surface area (Å²) in [6.45, 7) is 3.47. The van der Waals surface area contributed by atoms with Crippen LogP contribution in [0.15, 0.2) is 72.0 Å². The van der Waals surface area contributed by atoms with Crippen LogP contribution in [0.4, 0.5) is 0 Å². The van der Waals surface area contributed by atoms with Gasteiger partial charge >= 0.3 is 0 Å². The molecule has 164 valence electrons. The number of hydrogen-bond acceptors (Lipinski definition) is 3. The van der Waals surface area contributed by atoms with Crippen molar-refractivity contribution in [2.45, 2.75) is 25.4 Å². The lowest BCUT2D eigenvalue weighted by molar-refractivity contribution is 0.414. The second-order valence-electron chi connectivity index (χ2n) is 7.64. The van der Waals surface area contributed by atoms with Gasteiger partial charge in [-0.05, 0) is 29.7 Å². The zero-order valence-electron chi connectivity index (χ0n) is 18.1. The second-order valence-corrected chi connectivity index (χ2v) is 7.64. The number of ether oxygens (including phenoxy) is 1. The van der Waals surface area contributed by atoms with Gasteiger partial charge in [-0.15, -0.1) is 24.0 Å². The molecule has 2 heterocycles. The monoisotopic (exact) mass is 531 g/mol. The van der Waals surface area contributed by atoms with Gasteiger partial charge < -0.3 is 15.0 Å². The Kier molecular flexibility index (Phi) is 8.34. The molecule has 1 N–H and O–H groups in total. The zero-order chi connectivity index (χ0) is 20.8. The largest absolute Gasteiger partial charge is 0.497 e. The Morgan fingerprint density at radius 1 is 1.13 bits per heavy atom. The first-order chi connectivity index (χ1) is 14.7. The van der Waals surface area contributed by atoms with E-state index in [9.17, 15) is 0 Å². The fourth-order valence-electron chi connectivity index (χ4n) is 3.97. The van der Waals surface area contributed by atoms with E-state index < -0.39 is 0 Å². The number of hydrogen-bond donors (Lipinski definition) is 1. The third-order valence-electron chi connectivity index (χ3n) is 5.61. The highest BCUT2D eigenvalue weighted by molar-refractivity contribution is 14.0. The van der Waals surface area contributed by atoms with E-state index in [1.165, 1.54) is 11.1 Å². The minimum Gasteiger partial charge on any atom is -0.497 e. The fourth-order valence-corrected chi connectivity index (χ4v) is 3.97. The molecule has 0 saturated carbocycles. The Bertz CT molecular complexity index is 971. The van der Waals surface area contributed by atoms with Crippen molar-refractivity contribution in [1.82, 2.24) is 20.0 Å². The number of aliphatic imine (C=N–C) groups is 1. The predicted octanol–water partition coefficient (Wildman–Crippen LogP) is 4.12. The number of rotatable bonds is 6. The Morgan fingerprint density at radius 2 is 1.90 bits per heavy atom. The quantitative estimate of drug-likeness (QED) is 0.296. The van der Waals surface area contributed by atoms with E-state index in [1.807, 2.05) is 36.1 Å². The summed E-state index contributed by atoms with van der Waals surface area (Å²) in [5, 5.41) is 7.99. The molecule has 0 radical (unpaired) electrons. The van der Waals surface area contributed by atoms with Crippen LogP contribution in [-0.2, 0) is 13.1 Å². The summed E-state index contributed by atoms with van der Waals surface area (Å²) in [4.78, 5) is 6.84. The number of benzene rings is 2. The number of guanidine groups is 1. The van der Waals surface area contributed by atoms with Crippen molar-refractivity contribution >= 4 is 29.9 Å². The highest BCUT2D eigenvalue weighted by atomic mass is 127. The summed E-state index contributed by atoms with van der Waals surface area (Å²) in [6, 6.07) is 18.8. The van der Waals surface area contributed by atoms with Crippen LogP contribution in [0.2, 0.25) is 0 Å². The van der Waals surface area contributed by atoms with Gasteiger partial charge in [0.2, 0.25) is 0 Å². The first-order valence-electron chi connectivity index (χ1n) is 10.4. The summed E-state index contributed by atoms with van der Waals surface area (Å²) in [5.74, 6) is 2.36. The van der Waals surface area contributed by atoms with Crippen LogP contribution in [0.1, 0.15) is 29.0 Å². The molecule has 1 atom stereocenters. The number of likely N-dealkylation sites (tertiary alicyclic amines) is 1. The Balaban J connectivity index is 0.00000272. The van der Waals surface area contributed by atoms with Gasteiger partial charge in [-0.1, -0.05) is 42.5 Å². The van der Waals surface area contributed by atoms with Crippen LogP contribution in [0.25, 0.3) is 0 Å². The molecule has 1 aromatic heterocycles. The van der Waals surface area contributed by atoms with Gasteiger partial charge in [0.15, 0.2) is 5.96 Å². The molecule has 1 saturated heterocycles. The minimum atomic E-state index is 0. The molecule has 0 amide bonds. The summed E-state index contributed by atoms with van der Waals surface area (Å²) >= 11 is 0. The third-order valence-corrected chi connectivity index (χ3v) is 5.61. The summed E-state index contributed by atoms with van der Waals surface area (Å²) in [7, 11) is 3.55. The maximum atomic E-state index is 5.27. The molecule has 0 spiro atoms. The summed E-state index contributed by atoms with van der Waals surface area (Å²) in [5.41, 5.74) is 3.76. The molecule has 0 aliphatic carbocycles. The van der Waals surface area contributed by atoms with E-state index in [0.717, 1.165) is 43.3 Å². The predicted molar refractivity (Wildman–Crippen MR) is 135 cm³/mol. The molecule has 6 nitrogen and oxygen atoms in total. The van der Waals surface area contributed by atoms with Gasteiger partial charge in [0.25, 0.3) is 0 Å². The van der Waals surface area contributed by atoms with E-state index >= 15 is 0 Å². The molecule has 1 unspecified atom stereocenters. The van der Waals surface area contributed by atoms with Gasteiger partial charge in [-0.2, -0.15) is 5.10 Å². The number of aromatic nitrogens is 2. The van der Waals surface area contributed by atoms with Gasteiger partial charge in [0, 0.05) is 44.4 Å². The Morgan fingerprint density at radius 3 is 2.61 bits per heavy atom. The zero-order valence-corrected chi connectivity index (χ0v) is 20.4. The van der Waals surface area contributed by atoms with Crippen LogP contribution >= 0.6 is 24.0 Å². The van der Waals surface area contributed by atoms with Crippen LogP contribution in [0.3, 0.4) is 0 Å². The molecule has 31 heavy (non-hydrogen) atoms. The van der Waals surface area contributed by atoms with Gasteiger partial charge in [0.05, 0.1) is 19.9 Å². The first kappa shape index (κ1) is 23.1. The van der Waals surface area contributed by atoms with E-state index in [1.54, 1.807) is 7.11 Å². The van der Waals surface area contributed by atoms with Gasteiger partial charge in [-0.3, -0.25) is 9.67 Å². The molecular formula is C24H30IN5O. The van der Waals surface area contributed by atoms with E-state index in [-0.39, 0.29) is 24.0 Å². The smallest absolute Gasteiger partial charge is 0.193 e. The van der Waals surface area contributed by atoms with Crippen molar-refractivity contribution in [1.29, 1.82) is 0 Å². The highest BCUT2D eigenvalue weighted by Crippen LogP contribution is 2.28. The lowest BCUT2D eigenvalue weighted by Crippen LogP contribution is -2.39. The molecule has 3 aromatic rings. The van der Waals surface area contributed by atoms with Crippen molar-refractivity contribution in [3.8, 4) is 5.75 Å². The van der Waals surface area contributed by atoms with Crippen LogP contribution in [-0.4, -0.2) is 47.9 Å². The fraction of sp³-hybridized carbons (Fsp3) is 0.333. The molecule has 2 aromatic carbocycles. The number of nitrogens with zero attached hydrogens (tertiary/aromatic N) is 4. The number of halogens is 1. The molecule has 1 aliphatic rings. The number of methoxy groups -OCH3 is 1. The highest BCUT2D eigenvalue weighted by Gasteiger charge is 2.26. The van der Waals surface area contributed by atoms with Gasteiger partial charge in [0.1, 0.15) is 5.75 Å². The summed E-state index contributed by atoms with van der Waals surface area (Å²) in [6.07, 6.45) is 5.15. The van der Waals surface area contributed by atoms with E-state index in [2.05, 4.69) is 62.9 Å². The van der Waals surface area contributed by atoms with E-state index in [0.29, 0.717) is 12.5 Å². The SMILES string of the molecule is CN=C(NCc1cnn(Cc2ccccc2)c1)N1CCC(c2ccc(OC)cc2)C1.I. The summed E-state index contributed by atoms with van der Waals surface area (Å²) < 4.78 is 7.25. The first-order valence-corrected chi connectivity index (χ1v) is 10.4. The second kappa shape index (κ2) is 11.2. The van der Waals surface area contributed by atoms with E-state index in [4.69, 9.17) is 4.74 Å². The molecule has 7 heteroatoms. The Hall–Kier alpha value is -2.55. The Labute approximate surface area is 201 Å². The van der Waals surface area contributed by atoms with Crippen molar-refractivity contribution in [2.75, 3.05) is 27.2 Å². The normalized spacial score (nSPS) is 16.1. The van der Waals surface area contributed by atoms with Gasteiger partial charge in [-0.25, -0.2) is 0 Å². The third kappa shape index (κ3) is 6.00. The molecule has 4 rings (SSSR count). The molecular weight excluding hydrogens is 501 g/mol. The minimum absolute atomic E-state index is 0. The lowest BCUT2D eigenvalue weighted by Gasteiger charge is -2.21. The molecule has 0 bridgehead atoms. The van der Waals surface area contributed by atoms with Crippen LogP contribution in [0.5, 0.6) is 5.75 Å². The average molecular weight is 531 g/mol. The standard InChI is InChI=1S/C24H29N5O.HI/c1-25-24(28-13-12-22(18-28)21-8-10-23(30-2)11-9-21)26-14-20-15-27-29(17-20)16-19-6-4-3-5-7-19;/h3-11,15,17,22H,12-14,16,18H2,1-2H3,(H,25,26);1H. The number of nitrogens with one attached hydrogen (secondary N) is 1. The topological polar surface area (TPSA) is 54.7 Å². The van der Waals surface area contributed by atoms with Crippen molar-refractivity contribution in [3.63, 3.8) is 0 Å². The maximum Gasteiger partial charge on any atom is 0.193 e. The van der Waals surface area contributed by atoms with Crippen molar-refractivity contribution in [2.24, 2.45) is 4.99 Å². The van der Waals surface area contributed by atoms with Crippen LogP contribution in [0, 0.1) is 0 Å². The maximum absolute atomic E-state index is 5.27. The average Bonchev–Trinajstić information content (AvgIpc) is 3.45. The molecule has 1 aliphatic heterocycles. The molecule has 1 fully saturated rings. The van der Waals surface area contributed by atoms with Crippen LogP contribution < -0.4 is 10.1 Å².